The van der Waals surface area contributed by atoms with Gasteiger partial charge >= 0.3 is 0.282 Å². The van der Waals surface area contributed by atoms with Gasteiger partial charge in [0, 0.05) is 100.0 Å². The highest BCUT2D eigenvalue weighted by Crippen LogP contribution is 2.50. The molecule has 2 aliphatic heterocycles. The van der Waals surface area contributed by atoms with Crippen LogP contribution in [-0.4, -0.2) is 6.99 Å². The zero-order chi connectivity index (χ0) is 88.1. The highest BCUT2D eigenvalue weighted by molar-refractivity contribution is 14.4. The van der Waals surface area contributed by atoms with Gasteiger partial charge in [-0.2, -0.15) is 0 Å². The van der Waals surface area contributed by atoms with Crippen LogP contribution >= 0.6 is 90.3 Å². The van der Waals surface area contributed by atoms with Crippen molar-refractivity contribution in [3.05, 3.63) is 410 Å². The highest BCUT2D eigenvalue weighted by atomic mass is 127. The van der Waals surface area contributed by atoms with Crippen molar-refractivity contribution in [1.82, 2.24) is 0 Å². The van der Waals surface area contributed by atoms with Crippen LogP contribution in [0, 0.1) is 0 Å². The molecule has 11 heteroatoms. The molecule has 0 aliphatic carbocycles. The molecule has 0 saturated heterocycles. The molecule has 125 heavy (non-hydrogen) atoms. The molecule has 640 valence electrons. The Morgan fingerprint density at radius 1 is 0.240 bits per heavy atom. The van der Waals surface area contributed by atoms with E-state index >= 15 is 0 Å². The molecule has 0 unspecified atom stereocenters. The minimum atomic E-state index is -0.222. The summed E-state index contributed by atoms with van der Waals surface area (Å²) >= 11 is 21.5. The first-order valence-corrected chi connectivity index (χ1v) is 47.5. The molecule has 0 fully saturated rings. The van der Waals surface area contributed by atoms with E-state index in [0.29, 0.717) is 10.0 Å². The third kappa shape index (κ3) is 20.4. The van der Waals surface area contributed by atoms with E-state index in [1.54, 1.807) is 0 Å². The number of fused-ring (bicyclic) bond motifs is 4. The summed E-state index contributed by atoms with van der Waals surface area (Å²) in [6, 6.07) is 123. The van der Waals surface area contributed by atoms with Crippen LogP contribution in [0.1, 0.15) is 220 Å². The van der Waals surface area contributed by atoms with Crippen LogP contribution in [0.25, 0.3) is 0 Å². The van der Waals surface area contributed by atoms with Crippen LogP contribution < -0.4 is 36.0 Å². The fraction of sp³-hybridized carbons (Fsp3) is 0.263. The predicted molar refractivity (Wildman–Crippen MR) is 577 cm³/mol. The van der Waals surface area contributed by atoms with E-state index in [-0.39, 0.29) is 64.9 Å². The highest BCUT2D eigenvalue weighted by Gasteiger charge is 2.45. The standard InChI is InChI=1S/C56H56BClN2.C56H59ClN2.2CH4.BI3/c1-53(2,3)37-21-27-44(28-22-37)59-48-31-25-41(54(4,5)6)33-46(48)57-47-34-42(56(9,10)39-19-15-12-16-20-39)26-32-49(47)60(51-36-43(58)35-50(59)52(51)57)45-29-23-40(24-30-45)55(7,8)38-17-13-11-14-18-38;1-53(2,3)40-21-29-47(30-22-40)58(48-31-23-41(24-32-48)54(4,5)6)51-37-46(57)38-52(39-51)59(49-33-25-44(26-34-49)55(7,8)42-17-13-11-14-18-42)50-35-27-45(28-36-50)56(9,10)43-19-15-12-16-20-43;;;2-1(3)4/h11-36H,1-10H3;11-39H,1-10H3;2*1H4;. The normalized spacial score (nSPS) is 12.7. The van der Waals surface area contributed by atoms with E-state index < -0.39 is 0 Å². The van der Waals surface area contributed by atoms with E-state index in [2.05, 4.69) is 559 Å². The molecule has 2 aliphatic rings. The Morgan fingerprint density at radius 2 is 0.464 bits per heavy atom. The summed E-state index contributed by atoms with van der Waals surface area (Å²) in [5.74, 6) is 0. The lowest BCUT2D eigenvalue weighted by Gasteiger charge is -2.45. The molecular weight excluding hydrogens is 1900 g/mol. The molecule has 0 saturated carbocycles. The second kappa shape index (κ2) is 37.8. The molecule has 2 heterocycles. The van der Waals surface area contributed by atoms with Gasteiger partial charge in [0.15, 0.2) is 0 Å². The lowest BCUT2D eigenvalue weighted by atomic mass is 9.33. The summed E-state index contributed by atoms with van der Waals surface area (Å²) in [5, 5.41) is 1.37. The van der Waals surface area contributed by atoms with Crippen LogP contribution in [0.2, 0.25) is 10.0 Å². The molecule has 0 spiro atoms. The topological polar surface area (TPSA) is 13.0 Å². The quantitative estimate of drug-likeness (QED) is 0.0706. The van der Waals surface area contributed by atoms with Gasteiger partial charge in [0.1, 0.15) is 0 Å². The fourth-order valence-electron chi connectivity index (χ4n) is 17.6. The van der Waals surface area contributed by atoms with Gasteiger partial charge in [0.2, 0.25) is 0 Å². The van der Waals surface area contributed by atoms with E-state index in [4.69, 9.17) is 23.2 Å². The van der Waals surface area contributed by atoms with Crippen LogP contribution in [0.4, 0.5) is 68.2 Å². The second-order valence-electron chi connectivity index (χ2n) is 39.3. The minimum Gasteiger partial charge on any atom is -0.311 e. The fourth-order valence-corrected chi connectivity index (χ4v) is 18.0. The average molecular weight is 2020 g/mol. The zero-order valence-electron chi connectivity index (χ0n) is 75.1. The largest absolute Gasteiger partial charge is 0.355 e. The first-order chi connectivity index (χ1) is 58.1. The third-order valence-corrected chi connectivity index (χ3v) is 25.9. The average Bonchev–Trinajstić information content (AvgIpc) is 0.692. The predicted octanol–water partition coefficient (Wildman–Crippen LogP) is 33.7. The van der Waals surface area contributed by atoms with Crippen molar-refractivity contribution in [2.24, 2.45) is 0 Å². The zero-order valence-corrected chi connectivity index (χ0v) is 83.1. The lowest BCUT2D eigenvalue weighted by Crippen LogP contribution is -2.61. The van der Waals surface area contributed by atoms with Crippen molar-refractivity contribution in [3.8, 4) is 0 Å². The van der Waals surface area contributed by atoms with Gasteiger partial charge in [0.25, 0.3) is 6.71 Å². The minimum absolute atomic E-state index is 0. The van der Waals surface area contributed by atoms with Crippen molar-refractivity contribution < 1.29 is 0 Å². The van der Waals surface area contributed by atoms with E-state index in [1.807, 2.05) is 0 Å². The first-order valence-electron chi connectivity index (χ1n) is 43.0. The summed E-state index contributed by atoms with van der Waals surface area (Å²) in [5.41, 5.74) is 31.8. The number of halogens is 5. The van der Waals surface area contributed by atoms with Crippen molar-refractivity contribution in [2.45, 2.75) is 197 Å². The molecule has 0 radical (unpaired) electrons. The van der Waals surface area contributed by atoms with Gasteiger partial charge in [-0.25, -0.2) is 0 Å². The molecule has 0 aromatic heterocycles. The van der Waals surface area contributed by atoms with Gasteiger partial charge in [0.05, 0.1) is 0 Å². The van der Waals surface area contributed by atoms with Gasteiger partial charge in [-0.1, -0.05) is 395 Å². The number of benzene rings is 14. The summed E-state index contributed by atoms with van der Waals surface area (Å²) < 4.78 is 0.743. The molecule has 14 aromatic rings. The van der Waals surface area contributed by atoms with Crippen LogP contribution in [-0.2, 0) is 43.3 Å². The van der Waals surface area contributed by atoms with Gasteiger partial charge in [-0.15, -0.1) is 67.1 Å². The smallest absolute Gasteiger partial charge is 0.311 e. The number of anilines is 12. The number of hydrogen-bond donors (Lipinski definition) is 0. The molecule has 16 rings (SSSR count). The molecule has 0 bridgehead atoms. The first kappa shape index (κ1) is 95.3. The van der Waals surface area contributed by atoms with Gasteiger partial charge in [-0.3, -0.25) is 0 Å². The summed E-state index contributed by atoms with van der Waals surface area (Å²) in [7, 11) is 0. The van der Waals surface area contributed by atoms with Gasteiger partial charge < -0.3 is 19.6 Å². The maximum absolute atomic E-state index is 7.31. The molecule has 0 atom stereocenters. The third-order valence-electron chi connectivity index (χ3n) is 25.5. The van der Waals surface area contributed by atoms with E-state index in [1.165, 1.54) is 94.5 Å². The van der Waals surface area contributed by atoms with Crippen molar-refractivity contribution in [2.75, 3.05) is 19.6 Å². The molecular formula is C114H123B2Cl2I3N4. The SMILES string of the molecule is C.C.CC(C)(C)c1ccc(N(c2ccc(C(C)(C)C)cc2)c2cc(Cl)cc(N(c3ccc(C(C)(C)c4ccccc4)cc3)c3ccc(C(C)(C)c4ccccc4)cc3)c2)cc1.CC(C)(C)c1ccc(N2c3ccc(C(C)(C)C)cc3B3c4cc(C(C)(C)c5ccccc5)ccc4N(c4ccc(C(C)(C)c5ccccc5)cc4)c4cc(Cl)cc2c43)cc1.IB(I)I. The summed E-state index contributed by atoms with van der Waals surface area (Å²) in [4.78, 5) is 9.58. The van der Waals surface area contributed by atoms with Crippen LogP contribution in [0.3, 0.4) is 0 Å². The lowest BCUT2D eigenvalue weighted by molar-refractivity contribution is 0.590. The Hall–Kier alpha value is -8.82. The van der Waals surface area contributed by atoms with E-state index in [9.17, 15) is 0 Å². The maximum atomic E-state index is 7.31. The van der Waals surface area contributed by atoms with Crippen LogP contribution in [0.15, 0.2) is 334 Å². The Morgan fingerprint density at radius 3 is 0.752 bits per heavy atom. The van der Waals surface area contributed by atoms with Crippen molar-refractivity contribution in [1.29, 1.82) is 0 Å². The summed E-state index contributed by atoms with van der Waals surface area (Å²) in [6.45, 7) is 45.8. The number of hydrogen-bond acceptors (Lipinski definition) is 4. The maximum Gasteiger partial charge on any atom is 0.355 e. The van der Waals surface area contributed by atoms with Gasteiger partial charge in [-0.05, 0) is 220 Å². The monoisotopic (exact) mass is 2020 g/mol. The Labute approximate surface area is 800 Å². The van der Waals surface area contributed by atoms with Crippen molar-refractivity contribution in [3.63, 3.8) is 0 Å². The Balaban J connectivity index is 0.000000215. The Bertz CT molecular complexity index is 5860. The second-order valence-corrected chi connectivity index (χ2v) is 51.1. The van der Waals surface area contributed by atoms with Crippen molar-refractivity contribution >= 4 is 182 Å². The van der Waals surface area contributed by atoms with E-state index in [0.717, 1.165) is 57.2 Å². The molecule has 0 amide bonds. The molecule has 4 nitrogen and oxygen atoms in total. The molecule has 0 N–H and O–H groups in total. The summed E-state index contributed by atoms with van der Waals surface area (Å²) in [6.07, 6.45) is 0. The Kier molecular flexibility index (Phi) is 28.9. The number of nitrogens with zero attached hydrogens (tertiary/aromatic N) is 4. The molecule has 14 aromatic carbocycles. The van der Waals surface area contributed by atoms with Crippen LogP contribution in [0.5, 0.6) is 0 Å². The number of rotatable bonds is 16.